The molecule has 0 aromatic rings. The molecule has 0 radical (unpaired) electrons. The highest BCUT2D eigenvalue weighted by Gasteiger charge is 2.30. The number of amides is 1. The van der Waals surface area contributed by atoms with Crippen molar-refractivity contribution >= 4 is 17.8 Å². The maximum atomic E-state index is 11.5. The minimum atomic E-state index is -1.10. The van der Waals surface area contributed by atoms with Crippen molar-refractivity contribution in [1.82, 2.24) is 10.2 Å². The molecule has 1 rings (SSSR count). The van der Waals surface area contributed by atoms with Crippen LogP contribution in [0.4, 0.5) is 0 Å². The number of nitrogens with one attached hydrogen (secondary N) is 1. The predicted octanol–water partition coefficient (Wildman–Crippen LogP) is -1.65. The minimum Gasteiger partial charge on any atom is -0.481 e. The van der Waals surface area contributed by atoms with Crippen LogP contribution in [-0.2, 0) is 14.4 Å². The Morgan fingerprint density at radius 2 is 2.07 bits per heavy atom. The fraction of sp³-hybridized carbons (Fsp3) is 0.625. The van der Waals surface area contributed by atoms with E-state index in [9.17, 15) is 14.4 Å². The van der Waals surface area contributed by atoms with Gasteiger partial charge in [0, 0.05) is 13.1 Å². The SMILES string of the molecule is O=C(O)C[C@@H]1NCCN(CC(=O)O)C1=O. The van der Waals surface area contributed by atoms with Crippen LogP contribution in [0.1, 0.15) is 6.42 Å². The van der Waals surface area contributed by atoms with Gasteiger partial charge >= 0.3 is 11.9 Å². The summed E-state index contributed by atoms with van der Waals surface area (Å²) in [7, 11) is 0. The first-order valence-corrected chi connectivity index (χ1v) is 4.46. The number of hydrogen-bond acceptors (Lipinski definition) is 4. The van der Waals surface area contributed by atoms with Gasteiger partial charge in [-0.3, -0.25) is 14.4 Å². The van der Waals surface area contributed by atoms with E-state index in [4.69, 9.17) is 10.2 Å². The molecular formula is C8H12N2O5. The lowest BCUT2D eigenvalue weighted by Crippen LogP contribution is -2.56. The van der Waals surface area contributed by atoms with Crippen LogP contribution in [0.5, 0.6) is 0 Å². The molecule has 7 nitrogen and oxygen atoms in total. The number of rotatable bonds is 4. The highest BCUT2D eigenvalue weighted by molar-refractivity contribution is 5.89. The van der Waals surface area contributed by atoms with Crippen LogP contribution < -0.4 is 5.32 Å². The number of carbonyl (C=O) groups is 3. The zero-order valence-corrected chi connectivity index (χ0v) is 7.97. The maximum absolute atomic E-state index is 11.5. The Labute approximate surface area is 85.7 Å². The topological polar surface area (TPSA) is 107 Å². The molecule has 0 bridgehead atoms. The van der Waals surface area contributed by atoms with Gasteiger partial charge in [0.2, 0.25) is 5.91 Å². The highest BCUT2D eigenvalue weighted by atomic mass is 16.4. The van der Waals surface area contributed by atoms with E-state index >= 15 is 0 Å². The average Bonchev–Trinajstić information content (AvgIpc) is 2.10. The van der Waals surface area contributed by atoms with E-state index in [1.165, 1.54) is 0 Å². The molecule has 0 aromatic carbocycles. The second-order valence-electron chi connectivity index (χ2n) is 3.26. The summed E-state index contributed by atoms with van der Waals surface area (Å²) in [5.74, 6) is -2.65. The van der Waals surface area contributed by atoms with Crippen molar-refractivity contribution in [1.29, 1.82) is 0 Å². The van der Waals surface area contributed by atoms with Gasteiger partial charge in [0.15, 0.2) is 0 Å². The van der Waals surface area contributed by atoms with Crippen LogP contribution in [0.2, 0.25) is 0 Å². The molecular weight excluding hydrogens is 204 g/mol. The predicted molar refractivity (Wildman–Crippen MR) is 48.3 cm³/mol. The molecule has 84 valence electrons. The first-order chi connectivity index (χ1) is 7.00. The molecule has 0 saturated carbocycles. The molecule has 1 aliphatic rings. The Morgan fingerprint density at radius 1 is 1.40 bits per heavy atom. The van der Waals surface area contributed by atoms with Gasteiger partial charge in [0.25, 0.3) is 0 Å². The highest BCUT2D eigenvalue weighted by Crippen LogP contribution is 2.04. The lowest BCUT2D eigenvalue weighted by Gasteiger charge is -2.31. The third-order valence-electron chi connectivity index (χ3n) is 2.09. The number of piperazine rings is 1. The summed E-state index contributed by atoms with van der Waals surface area (Å²) in [6.07, 6.45) is -0.324. The number of carbonyl (C=O) groups excluding carboxylic acids is 1. The summed E-state index contributed by atoms with van der Waals surface area (Å²) in [5.41, 5.74) is 0. The lowest BCUT2D eigenvalue weighted by molar-refractivity contribution is -0.148. The first kappa shape index (κ1) is 11.4. The molecule has 1 aliphatic heterocycles. The fourth-order valence-electron chi connectivity index (χ4n) is 1.45. The third kappa shape index (κ3) is 3.21. The largest absolute Gasteiger partial charge is 0.481 e. The van der Waals surface area contributed by atoms with Crippen molar-refractivity contribution in [2.24, 2.45) is 0 Å². The summed E-state index contributed by atoms with van der Waals surface area (Å²) < 4.78 is 0. The van der Waals surface area contributed by atoms with Crippen molar-refractivity contribution in [2.75, 3.05) is 19.6 Å². The average molecular weight is 216 g/mol. The second kappa shape index (κ2) is 4.74. The maximum Gasteiger partial charge on any atom is 0.323 e. The Balaban J connectivity index is 2.58. The summed E-state index contributed by atoms with van der Waals surface area (Å²) in [6, 6.07) is -0.810. The Kier molecular flexibility index (Phi) is 3.62. The zero-order chi connectivity index (χ0) is 11.4. The summed E-state index contributed by atoms with van der Waals surface area (Å²) >= 11 is 0. The number of aliphatic carboxylic acids is 2. The minimum absolute atomic E-state index is 0.293. The first-order valence-electron chi connectivity index (χ1n) is 4.46. The van der Waals surface area contributed by atoms with Crippen molar-refractivity contribution in [3.63, 3.8) is 0 Å². The monoisotopic (exact) mass is 216 g/mol. The molecule has 1 saturated heterocycles. The number of nitrogens with zero attached hydrogens (tertiary/aromatic N) is 1. The van der Waals surface area contributed by atoms with Crippen molar-refractivity contribution in [3.8, 4) is 0 Å². The van der Waals surface area contributed by atoms with Gasteiger partial charge < -0.3 is 20.4 Å². The van der Waals surface area contributed by atoms with Crippen LogP contribution in [0.15, 0.2) is 0 Å². The quantitative estimate of drug-likeness (QED) is 0.519. The summed E-state index contributed by atoms with van der Waals surface area (Å²) in [5, 5.41) is 19.8. The van der Waals surface area contributed by atoms with Crippen LogP contribution in [-0.4, -0.2) is 58.6 Å². The van der Waals surface area contributed by atoms with E-state index in [2.05, 4.69) is 5.32 Å². The summed E-state index contributed by atoms with van der Waals surface area (Å²) in [4.78, 5) is 33.5. The fourth-order valence-corrected chi connectivity index (χ4v) is 1.45. The number of hydrogen-bond donors (Lipinski definition) is 3. The molecule has 0 aromatic heterocycles. The van der Waals surface area contributed by atoms with Crippen LogP contribution in [0.3, 0.4) is 0 Å². The van der Waals surface area contributed by atoms with Gasteiger partial charge in [0.05, 0.1) is 12.5 Å². The molecule has 1 amide bonds. The molecule has 1 heterocycles. The van der Waals surface area contributed by atoms with E-state index in [0.717, 1.165) is 4.90 Å². The third-order valence-corrected chi connectivity index (χ3v) is 2.09. The van der Waals surface area contributed by atoms with Gasteiger partial charge in [-0.15, -0.1) is 0 Å². The Bertz CT molecular complexity index is 265. The standard InChI is InChI=1S/C8H12N2O5/c11-6(12)3-5-8(15)10(2-1-9-5)4-7(13)14/h5,9H,1-4H2,(H,11,12)(H,13,14)/t5-/m0/s1. The van der Waals surface area contributed by atoms with E-state index in [1.807, 2.05) is 0 Å². The van der Waals surface area contributed by atoms with Crippen LogP contribution in [0, 0.1) is 0 Å². The normalized spacial score (nSPS) is 21.5. The molecule has 3 N–H and O–H groups in total. The number of carboxylic acids is 2. The Hall–Kier alpha value is -1.63. The zero-order valence-electron chi connectivity index (χ0n) is 7.97. The lowest BCUT2D eigenvalue weighted by atomic mass is 10.1. The molecule has 1 fully saturated rings. The molecule has 15 heavy (non-hydrogen) atoms. The van der Waals surface area contributed by atoms with Gasteiger partial charge in [-0.2, -0.15) is 0 Å². The van der Waals surface area contributed by atoms with Gasteiger partial charge in [0.1, 0.15) is 6.54 Å². The Morgan fingerprint density at radius 3 is 2.60 bits per heavy atom. The van der Waals surface area contributed by atoms with Crippen molar-refractivity contribution < 1.29 is 24.6 Å². The second-order valence-corrected chi connectivity index (χ2v) is 3.26. The van der Waals surface area contributed by atoms with Gasteiger partial charge in [-0.25, -0.2) is 0 Å². The molecule has 7 heteroatoms. The smallest absolute Gasteiger partial charge is 0.323 e. The van der Waals surface area contributed by atoms with E-state index in [-0.39, 0.29) is 13.0 Å². The number of carboxylic acid groups (broad SMARTS) is 2. The van der Waals surface area contributed by atoms with Gasteiger partial charge in [-0.05, 0) is 0 Å². The molecule has 0 aliphatic carbocycles. The molecule has 0 spiro atoms. The molecule has 0 unspecified atom stereocenters. The van der Waals surface area contributed by atoms with Gasteiger partial charge in [-0.1, -0.05) is 0 Å². The van der Waals surface area contributed by atoms with Crippen LogP contribution >= 0.6 is 0 Å². The molecule has 1 atom stereocenters. The van der Waals surface area contributed by atoms with E-state index in [1.54, 1.807) is 0 Å². The summed E-state index contributed by atoms with van der Waals surface area (Å²) in [6.45, 7) is 0.328. The van der Waals surface area contributed by atoms with E-state index < -0.39 is 23.9 Å². The van der Waals surface area contributed by atoms with Crippen molar-refractivity contribution in [3.05, 3.63) is 0 Å². The van der Waals surface area contributed by atoms with Crippen LogP contribution in [0.25, 0.3) is 0 Å². The van der Waals surface area contributed by atoms with E-state index in [0.29, 0.717) is 13.1 Å². The van der Waals surface area contributed by atoms with Crippen molar-refractivity contribution in [2.45, 2.75) is 12.5 Å².